The van der Waals surface area contributed by atoms with Crippen LogP contribution in [0.25, 0.3) is 0 Å². The molecule has 4 aliphatic rings. The first-order valence-corrected chi connectivity index (χ1v) is 14.5. The van der Waals surface area contributed by atoms with E-state index in [9.17, 15) is 19.5 Å². The topological polar surface area (TPSA) is 80.7 Å². The van der Waals surface area contributed by atoms with Crippen LogP contribution in [-0.2, 0) is 19.1 Å². The summed E-state index contributed by atoms with van der Waals surface area (Å²) in [5.74, 6) is -0.0554. The van der Waals surface area contributed by atoms with Crippen LogP contribution in [0.15, 0.2) is 34.9 Å². The SMILES string of the molecule is CC(=O)O[C@H]1C[C@H]([C@H](C)CC/C=C(\C)C(=O)O)[C@@]2(C)CC=C3C(=CC[C@@]4(C)C(C)(C)C(=O)CC[C@]34C)[C@]12C. The van der Waals surface area contributed by atoms with Crippen molar-refractivity contribution in [1.82, 2.24) is 0 Å². The number of Topliss-reactive ketones (excluding diaryl/α,β-unsaturated/α-hetero) is 1. The lowest BCUT2D eigenvalue weighted by Crippen LogP contribution is -2.60. The number of hydrogen-bond donors (Lipinski definition) is 1. The third kappa shape index (κ3) is 3.73. The number of ether oxygens (including phenoxy) is 1. The molecule has 0 spiro atoms. The summed E-state index contributed by atoms with van der Waals surface area (Å²) in [6.07, 6.45) is 12.1. The predicted octanol–water partition coefficient (Wildman–Crippen LogP) is 7.46. The van der Waals surface area contributed by atoms with Gasteiger partial charge in [0.25, 0.3) is 0 Å². The largest absolute Gasteiger partial charge is 0.478 e. The van der Waals surface area contributed by atoms with Crippen molar-refractivity contribution in [2.75, 3.05) is 0 Å². The third-order valence-electron chi connectivity index (χ3n) is 12.6. The molecule has 4 rings (SSSR count). The van der Waals surface area contributed by atoms with Crippen LogP contribution in [0, 0.1) is 38.9 Å². The van der Waals surface area contributed by atoms with Gasteiger partial charge in [-0.25, -0.2) is 4.79 Å². The normalized spacial score (nSPS) is 40.8. The fraction of sp³-hybridized carbons (Fsp3) is 0.727. The second-order valence-corrected chi connectivity index (χ2v) is 14.2. The summed E-state index contributed by atoms with van der Waals surface area (Å²) in [6.45, 7) is 19.1. The molecule has 0 aromatic carbocycles. The number of rotatable bonds is 6. The molecule has 0 aromatic rings. The molecule has 0 unspecified atom stereocenters. The van der Waals surface area contributed by atoms with Gasteiger partial charge in [-0.3, -0.25) is 9.59 Å². The Balaban J connectivity index is 1.77. The van der Waals surface area contributed by atoms with Crippen LogP contribution < -0.4 is 0 Å². The molecule has 0 radical (unpaired) electrons. The molecule has 0 bridgehead atoms. The van der Waals surface area contributed by atoms with E-state index in [-0.39, 0.29) is 33.7 Å². The Kier molecular flexibility index (Phi) is 6.98. The van der Waals surface area contributed by atoms with Crippen LogP contribution in [0.1, 0.15) is 107 Å². The molecule has 0 aromatic heterocycles. The number of carboxylic acid groups (broad SMARTS) is 1. The van der Waals surface area contributed by atoms with Gasteiger partial charge in [0.2, 0.25) is 0 Å². The average Bonchev–Trinajstić information content (AvgIpc) is 3.05. The summed E-state index contributed by atoms with van der Waals surface area (Å²) in [7, 11) is 0. The Morgan fingerprint density at radius 2 is 1.71 bits per heavy atom. The number of carbonyl (C=O) groups is 3. The molecule has 5 heteroatoms. The highest BCUT2D eigenvalue weighted by atomic mass is 16.5. The molecule has 1 N–H and O–H groups in total. The van der Waals surface area contributed by atoms with Gasteiger partial charge >= 0.3 is 11.9 Å². The molecule has 5 nitrogen and oxygen atoms in total. The number of esters is 1. The van der Waals surface area contributed by atoms with Gasteiger partial charge in [0, 0.05) is 29.7 Å². The lowest BCUT2D eigenvalue weighted by Gasteiger charge is -2.64. The van der Waals surface area contributed by atoms with Crippen molar-refractivity contribution in [2.45, 2.75) is 113 Å². The van der Waals surface area contributed by atoms with Crippen molar-refractivity contribution in [2.24, 2.45) is 38.9 Å². The van der Waals surface area contributed by atoms with Crippen molar-refractivity contribution >= 4 is 17.7 Å². The summed E-state index contributed by atoms with van der Waals surface area (Å²) in [5, 5.41) is 9.24. The highest BCUT2D eigenvalue weighted by molar-refractivity contribution is 5.87. The van der Waals surface area contributed by atoms with Crippen LogP contribution in [0.3, 0.4) is 0 Å². The quantitative estimate of drug-likeness (QED) is 0.288. The van der Waals surface area contributed by atoms with Crippen LogP contribution in [-0.4, -0.2) is 28.9 Å². The predicted molar refractivity (Wildman–Crippen MR) is 149 cm³/mol. The second kappa shape index (κ2) is 9.20. The lowest BCUT2D eigenvalue weighted by molar-refractivity contribution is -0.155. The second-order valence-electron chi connectivity index (χ2n) is 14.2. The third-order valence-corrected chi connectivity index (χ3v) is 12.6. The van der Waals surface area contributed by atoms with E-state index in [0.717, 1.165) is 38.5 Å². The van der Waals surface area contributed by atoms with Crippen molar-refractivity contribution in [1.29, 1.82) is 0 Å². The van der Waals surface area contributed by atoms with Gasteiger partial charge in [-0.15, -0.1) is 0 Å². The molecule has 0 aliphatic heterocycles. The molecule has 0 saturated heterocycles. The Bertz CT molecular complexity index is 1140. The minimum atomic E-state index is -0.866. The van der Waals surface area contributed by atoms with Crippen LogP contribution in [0.2, 0.25) is 0 Å². The number of aliphatic carboxylic acids is 1. The van der Waals surface area contributed by atoms with Crippen molar-refractivity contribution in [3.63, 3.8) is 0 Å². The van der Waals surface area contributed by atoms with Crippen LogP contribution in [0.5, 0.6) is 0 Å². The average molecular weight is 525 g/mol. The van der Waals surface area contributed by atoms with Crippen molar-refractivity contribution in [3.05, 3.63) is 34.9 Å². The molecular weight excluding hydrogens is 476 g/mol. The smallest absolute Gasteiger partial charge is 0.330 e. The number of allylic oxidation sites excluding steroid dienone is 4. The van der Waals surface area contributed by atoms with E-state index in [1.54, 1.807) is 6.92 Å². The van der Waals surface area contributed by atoms with Gasteiger partial charge in [0.1, 0.15) is 11.9 Å². The fourth-order valence-electron chi connectivity index (χ4n) is 9.12. The van der Waals surface area contributed by atoms with Crippen LogP contribution in [0.4, 0.5) is 0 Å². The minimum Gasteiger partial charge on any atom is -0.478 e. The zero-order valence-electron chi connectivity index (χ0n) is 25.0. The summed E-state index contributed by atoms with van der Waals surface area (Å²) < 4.78 is 6.15. The monoisotopic (exact) mass is 524 g/mol. The van der Waals surface area contributed by atoms with Gasteiger partial charge in [-0.1, -0.05) is 66.7 Å². The maximum Gasteiger partial charge on any atom is 0.330 e. The minimum absolute atomic E-state index is 0.0997. The summed E-state index contributed by atoms with van der Waals surface area (Å²) in [4.78, 5) is 36.7. The van der Waals surface area contributed by atoms with Gasteiger partial charge in [-0.05, 0) is 84.7 Å². The van der Waals surface area contributed by atoms with E-state index in [0.29, 0.717) is 29.6 Å². The maximum atomic E-state index is 13.1. The molecule has 2 saturated carbocycles. The molecule has 7 atom stereocenters. The number of carbonyl (C=O) groups excluding carboxylic acids is 2. The Morgan fingerprint density at radius 3 is 2.32 bits per heavy atom. The number of ketones is 1. The zero-order chi connectivity index (χ0) is 28.5. The van der Waals surface area contributed by atoms with E-state index in [4.69, 9.17) is 4.74 Å². The number of fused-ring (bicyclic) bond motifs is 5. The van der Waals surface area contributed by atoms with Gasteiger partial charge in [0.05, 0.1) is 0 Å². The molecule has 210 valence electrons. The molecule has 4 aliphatic carbocycles. The molecule has 0 amide bonds. The molecule has 2 fully saturated rings. The fourth-order valence-corrected chi connectivity index (χ4v) is 9.12. The summed E-state index contributed by atoms with van der Waals surface area (Å²) >= 11 is 0. The standard InChI is InChI=1S/C33H48O5/c1-20(11-10-12-21(2)28(36)37)25-19-27(38-22(3)34)33(9)24-14-18-32(8)29(4,5)26(35)15-17-30(32,6)23(24)13-16-31(25,33)7/h12-14,20,25,27H,10-11,15-19H2,1-9H3,(H,36,37)/b21-12+/t20-,25-,27+,30-,31-,32+,33-/m1/s1. The van der Waals surface area contributed by atoms with Gasteiger partial charge in [-0.2, -0.15) is 0 Å². The molecule has 0 heterocycles. The lowest BCUT2D eigenvalue weighted by atomic mass is 9.38. The van der Waals surface area contributed by atoms with Crippen molar-refractivity contribution < 1.29 is 24.2 Å². The highest BCUT2D eigenvalue weighted by Crippen LogP contribution is 2.74. The van der Waals surface area contributed by atoms with E-state index in [1.165, 1.54) is 18.1 Å². The number of carboxylic acids is 1. The van der Waals surface area contributed by atoms with E-state index in [1.807, 2.05) is 6.08 Å². The molecular formula is C33H48O5. The van der Waals surface area contributed by atoms with E-state index >= 15 is 0 Å². The Morgan fingerprint density at radius 1 is 1.08 bits per heavy atom. The Labute approximate surface area is 229 Å². The zero-order valence-corrected chi connectivity index (χ0v) is 25.0. The van der Waals surface area contributed by atoms with E-state index < -0.39 is 11.4 Å². The first-order chi connectivity index (χ1) is 17.5. The van der Waals surface area contributed by atoms with Crippen LogP contribution >= 0.6 is 0 Å². The highest BCUT2D eigenvalue weighted by Gasteiger charge is 2.69. The number of hydrogen-bond acceptors (Lipinski definition) is 4. The van der Waals surface area contributed by atoms with Gasteiger partial charge < -0.3 is 9.84 Å². The molecule has 38 heavy (non-hydrogen) atoms. The first-order valence-electron chi connectivity index (χ1n) is 14.5. The maximum absolute atomic E-state index is 13.1. The summed E-state index contributed by atoms with van der Waals surface area (Å²) in [6, 6.07) is 0. The van der Waals surface area contributed by atoms with Crippen molar-refractivity contribution in [3.8, 4) is 0 Å². The summed E-state index contributed by atoms with van der Waals surface area (Å²) in [5.41, 5.74) is 1.96. The van der Waals surface area contributed by atoms with Gasteiger partial charge in [0.15, 0.2) is 0 Å². The van der Waals surface area contributed by atoms with E-state index in [2.05, 4.69) is 60.6 Å². The first kappa shape index (κ1) is 28.8. The Hall–Kier alpha value is -2.17.